The van der Waals surface area contributed by atoms with E-state index >= 15 is 0 Å². The van der Waals surface area contributed by atoms with E-state index in [1.807, 2.05) is 36.4 Å². The zero-order valence-electron chi connectivity index (χ0n) is 14.4. The Morgan fingerprint density at radius 1 is 1.00 bits per heavy atom. The van der Waals surface area contributed by atoms with Gasteiger partial charge in [0, 0.05) is 12.0 Å². The van der Waals surface area contributed by atoms with Gasteiger partial charge >= 0.3 is 5.97 Å². The summed E-state index contributed by atoms with van der Waals surface area (Å²) in [6.07, 6.45) is 3.05. The number of carbonyl (C=O) groups excluding carboxylic acids is 1. The molecule has 1 saturated heterocycles. The van der Waals surface area contributed by atoms with E-state index in [4.69, 9.17) is 14.2 Å². The molecule has 1 heterocycles. The van der Waals surface area contributed by atoms with Crippen LogP contribution in [0.4, 0.5) is 0 Å². The van der Waals surface area contributed by atoms with Crippen molar-refractivity contribution in [1.29, 1.82) is 0 Å². The molecule has 0 aromatic heterocycles. The molecule has 130 valence electrons. The van der Waals surface area contributed by atoms with Crippen LogP contribution < -0.4 is 9.47 Å². The smallest absolute Gasteiger partial charge is 0.338 e. The molecule has 2 aromatic carbocycles. The van der Waals surface area contributed by atoms with Gasteiger partial charge in [0.2, 0.25) is 0 Å². The van der Waals surface area contributed by atoms with Crippen molar-refractivity contribution in [2.45, 2.75) is 32.5 Å². The summed E-state index contributed by atoms with van der Waals surface area (Å²) in [6.45, 7) is 5.96. The molecule has 1 aliphatic rings. The van der Waals surface area contributed by atoms with Crippen molar-refractivity contribution in [2.75, 3.05) is 6.61 Å². The lowest BCUT2D eigenvalue weighted by atomic mass is 10.1. The third-order valence-corrected chi connectivity index (χ3v) is 4.01. The molecule has 0 bridgehead atoms. The first-order valence-corrected chi connectivity index (χ1v) is 8.48. The van der Waals surface area contributed by atoms with Crippen molar-refractivity contribution in [3.63, 3.8) is 0 Å². The summed E-state index contributed by atoms with van der Waals surface area (Å²) in [5, 5.41) is 0. The Hall–Kier alpha value is -2.59. The monoisotopic (exact) mass is 338 g/mol. The molecule has 1 atom stereocenters. The van der Waals surface area contributed by atoms with Gasteiger partial charge in [0.15, 0.2) is 6.29 Å². The summed E-state index contributed by atoms with van der Waals surface area (Å²) >= 11 is 0. The van der Waals surface area contributed by atoms with Gasteiger partial charge in [0.05, 0.1) is 6.61 Å². The van der Waals surface area contributed by atoms with Gasteiger partial charge in [-0.2, -0.15) is 0 Å². The average Bonchev–Trinajstić information content (AvgIpc) is 2.64. The highest BCUT2D eigenvalue weighted by molar-refractivity contribution is 5.88. The molecule has 1 aliphatic heterocycles. The van der Waals surface area contributed by atoms with E-state index in [0.29, 0.717) is 11.3 Å². The van der Waals surface area contributed by atoms with Crippen molar-refractivity contribution < 1.29 is 19.0 Å². The van der Waals surface area contributed by atoms with Crippen molar-refractivity contribution in [3.05, 3.63) is 60.7 Å². The topological polar surface area (TPSA) is 44.8 Å². The van der Waals surface area contributed by atoms with Gasteiger partial charge < -0.3 is 14.2 Å². The zero-order valence-corrected chi connectivity index (χ0v) is 14.4. The lowest BCUT2D eigenvalue weighted by Gasteiger charge is -2.23. The van der Waals surface area contributed by atoms with Gasteiger partial charge in [0.25, 0.3) is 0 Å². The summed E-state index contributed by atoms with van der Waals surface area (Å²) in [4.78, 5) is 11.5. The Bertz CT molecular complexity index is 725. The second-order valence-corrected chi connectivity index (χ2v) is 6.13. The highest BCUT2D eigenvalue weighted by Crippen LogP contribution is 2.26. The molecule has 1 fully saturated rings. The van der Waals surface area contributed by atoms with Crippen LogP contribution in [0, 0.1) is 0 Å². The van der Waals surface area contributed by atoms with Gasteiger partial charge in [-0.1, -0.05) is 30.8 Å². The van der Waals surface area contributed by atoms with E-state index in [0.717, 1.165) is 42.7 Å². The Kier molecular flexibility index (Phi) is 5.51. The van der Waals surface area contributed by atoms with Crippen molar-refractivity contribution >= 4 is 5.97 Å². The summed E-state index contributed by atoms with van der Waals surface area (Å²) < 4.78 is 16.6. The second kappa shape index (κ2) is 7.99. The third-order valence-electron chi connectivity index (χ3n) is 4.01. The molecular weight excluding hydrogens is 316 g/mol. The van der Waals surface area contributed by atoms with Crippen LogP contribution in [0.2, 0.25) is 0 Å². The summed E-state index contributed by atoms with van der Waals surface area (Å²) in [6, 6.07) is 15.3. The number of carbonyl (C=O) groups is 1. The Morgan fingerprint density at radius 2 is 1.60 bits per heavy atom. The number of esters is 1. The van der Waals surface area contributed by atoms with Crippen LogP contribution >= 0.6 is 0 Å². The van der Waals surface area contributed by atoms with E-state index < -0.39 is 5.97 Å². The maximum atomic E-state index is 11.5. The average molecular weight is 338 g/mol. The Balaban J connectivity index is 1.63. The summed E-state index contributed by atoms with van der Waals surface area (Å²) in [5.41, 5.74) is 2.48. The SMILES string of the molecule is C=C(C)C(=O)Oc1ccc(-c2ccc(OC3CCCCO3)cc2)cc1. The van der Waals surface area contributed by atoms with Crippen LogP contribution in [0.5, 0.6) is 11.5 Å². The van der Waals surface area contributed by atoms with Crippen molar-refractivity contribution in [2.24, 2.45) is 0 Å². The third kappa shape index (κ3) is 4.70. The maximum Gasteiger partial charge on any atom is 0.338 e. The standard InChI is InChI=1S/C21H22O4/c1-15(2)21(22)25-19-12-8-17(9-13-19)16-6-10-18(11-7-16)24-20-5-3-4-14-23-20/h6-13,20H,1,3-5,14H2,2H3. The summed E-state index contributed by atoms with van der Waals surface area (Å²) in [7, 11) is 0. The first kappa shape index (κ1) is 17.2. The highest BCUT2D eigenvalue weighted by atomic mass is 16.7. The molecule has 2 aromatic rings. The minimum Gasteiger partial charge on any atom is -0.465 e. The molecule has 0 radical (unpaired) electrons. The molecule has 0 saturated carbocycles. The van der Waals surface area contributed by atoms with Crippen LogP contribution in [0.3, 0.4) is 0 Å². The number of hydrogen-bond acceptors (Lipinski definition) is 4. The molecule has 25 heavy (non-hydrogen) atoms. The molecule has 0 spiro atoms. The quantitative estimate of drug-likeness (QED) is 0.449. The second-order valence-electron chi connectivity index (χ2n) is 6.13. The predicted octanol–water partition coefficient (Wildman–Crippen LogP) is 4.74. The van der Waals surface area contributed by atoms with Crippen molar-refractivity contribution in [1.82, 2.24) is 0 Å². The lowest BCUT2D eigenvalue weighted by Crippen LogP contribution is -2.24. The first-order valence-electron chi connectivity index (χ1n) is 8.48. The fraction of sp³-hybridized carbons (Fsp3) is 0.286. The van der Waals surface area contributed by atoms with Crippen LogP contribution in [-0.2, 0) is 9.53 Å². The van der Waals surface area contributed by atoms with E-state index in [1.54, 1.807) is 19.1 Å². The molecular formula is C21H22O4. The largest absolute Gasteiger partial charge is 0.465 e. The summed E-state index contributed by atoms with van der Waals surface area (Å²) in [5.74, 6) is 0.896. The number of hydrogen-bond donors (Lipinski definition) is 0. The van der Waals surface area contributed by atoms with E-state index in [1.165, 1.54) is 0 Å². The molecule has 0 aliphatic carbocycles. The minimum atomic E-state index is -0.417. The number of rotatable bonds is 5. The van der Waals surface area contributed by atoms with Gasteiger partial charge in [0.1, 0.15) is 11.5 Å². The van der Waals surface area contributed by atoms with Crippen LogP contribution in [0.1, 0.15) is 26.2 Å². The van der Waals surface area contributed by atoms with Gasteiger partial charge in [-0.3, -0.25) is 0 Å². The minimum absolute atomic E-state index is 0.137. The molecule has 4 heteroatoms. The van der Waals surface area contributed by atoms with Gasteiger partial charge in [-0.05, 0) is 55.2 Å². The van der Waals surface area contributed by atoms with Gasteiger partial charge in [-0.25, -0.2) is 4.79 Å². The Labute approximate surface area is 148 Å². The maximum absolute atomic E-state index is 11.5. The fourth-order valence-electron chi connectivity index (χ4n) is 2.59. The Morgan fingerprint density at radius 3 is 2.12 bits per heavy atom. The lowest BCUT2D eigenvalue weighted by molar-refractivity contribution is -0.130. The normalized spacial score (nSPS) is 16.9. The molecule has 4 nitrogen and oxygen atoms in total. The van der Waals surface area contributed by atoms with Crippen LogP contribution in [0.15, 0.2) is 60.7 Å². The predicted molar refractivity (Wildman–Crippen MR) is 96.5 cm³/mol. The first-order chi connectivity index (χ1) is 12.1. The molecule has 0 N–H and O–H groups in total. The highest BCUT2D eigenvalue weighted by Gasteiger charge is 2.15. The zero-order chi connectivity index (χ0) is 17.6. The van der Waals surface area contributed by atoms with Crippen molar-refractivity contribution in [3.8, 4) is 22.6 Å². The van der Waals surface area contributed by atoms with Crippen LogP contribution in [-0.4, -0.2) is 18.9 Å². The molecule has 3 rings (SSSR count). The number of ether oxygens (including phenoxy) is 3. The molecule has 1 unspecified atom stereocenters. The van der Waals surface area contributed by atoms with Crippen LogP contribution in [0.25, 0.3) is 11.1 Å². The molecule has 0 amide bonds. The van der Waals surface area contributed by atoms with E-state index in [9.17, 15) is 4.79 Å². The van der Waals surface area contributed by atoms with E-state index in [-0.39, 0.29) is 6.29 Å². The van der Waals surface area contributed by atoms with Gasteiger partial charge in [-0.15, -0.1) is 0 Å². The van der Waals surface area contributed by atoms with E-state index in [2.05, 4.69) is 6.58 Å². The number of benzene rings is 2. The fourth-order valence-corrected chi connectivity index (χ4v) is 2.59.